The lowest BCUT2D eigenvalue weighted by Gasteiger charge is -2.53. The molecule has 3 saturated carbocycles. The minimum atomic E-state index is 0.421. The first-order valence-electron chi connectivity index (χ1n) is 13.2. The predicted molar refractivity (Wildman–Crippen MR) is 126 cm³/mol. The van der Waals surface area contributed by atoms with E-state index < -0.39 is 0 Å². The Balaban J connectivity index is 1.53. The van der Waals surface area contributed by atoms with Gasteiger partial charge in [0, 0.05) is 6.04 Å². The van der Waals surface area contributed by atoms with E-state index in [2.05, 4.69) is 40.7 Å². The second kappa shape index (κ2) is 8.33. The average molecular weight is 400 g/mol. The predicted octanol–water partition coefficient (Wildman–Crippen LogP) is 7.75. The van der Waals surface area contributed by atoms with Crippen LogP contribution in [-0.2, 0) is 0 Å². The van der Waals surface area contributed by atoms with Gasteiger partial charge in [-0.2, -0.15) is 0 Å². The molecule has 0 aromatic rings. The van der Waals surface area contributed by atoms with Crippen molar-refractivity contribution in [1.29, 1.82) is 0 Å². The Hall–Kier alpha value is -0.300. The summed E-state index contributed by atoms with van der Waals surface area (Å²) in [5, 5.41) is 0. The van der Waals surface area contributed by atoms with Gasteiger partial charge in [-0.1, -0.05) is 72.0 Å². The molecule has 0 bridgehead atoms. The van der Waals surface area contributed by atoms with Crippen LogP contribution in [0, 0.1) is 46.3 Å². The molecule has 8 atom stereocenters. The van der Waals surface area contributed by atoms with Crippen molar-refractivity contribution in [3.63, 3.8) is 0 Å². The molecule has 0 saturated heterocycles. The van der Waals surface area contributed by atoms with E-state index in [0.29, 0.717) is 16.9 Å². The summed E-state index contributed by atoms with van der Waals surface area (Å²) < 4.78 is 0. The summed E-state index contributed by atoms with van der Waals surface area (Å²) in [5.74, 6) is 5.59. The molecule has 0 aliphatic heterocycles. The number of fused-ring (bicyclic) bond motifs is 5. The quantitative estimate of drug-likeness (QED) is 0.470. The van der Waals surface area contributed by atoms with E-state index in [1.807, 2.05) is 0 Å². The zero-order chi connectivity index (χ0) is 20.8. The van der Waals surface area contributed by atoms with E-state index >= 15 is 0 Å². The highest BCUT2D eigenvalue weighted by molar-refractivity contribution is 5.25. The third-order valence-electron chi connectivity index (χ3n) is 10.6. The van der Waals surface area contributed by atoms with Crippen molar-refractivity contribution in [2.75, 3.05) is 0 Å². The highest BCUT2D eigenvalue weighted by Gasteiger charge is 2.57. The first-order valence-corrected chi connectivity index (χ1v) is 13.2. The van der Waals surface area contributed by atoms with Gasteiger partial charge in [-0.05, 0) is 97.7 Å². The van der Waals surface area contributed by atoms with Crippen molar-refractivity contribution in [2.45, 2.75) is 118 Å². The van der Waals surface area contributed by atoms with Gasteiger partial charge in [0.2, 0.25) is 0 Å². The molecule has 0 amide bonds. The van der Waals surface area contributed by atoms with Crippen LogP contribution in [0.15, 0.2) is 11.6 Å². The Labute approximate surface area is 181 Å². The SMILES string of the molecule is CC(C)CCCC(C)C1CCC2C3CC=C4CC(N)CCC4(C)C3CCCC12C. The molecule has 2 N–H and O–H groups in total. The maximum absolute atomic E-state index is 6.38. The molecule has 0 spiro atoms. The first-order chi connectivity index (χ1) is 13.8. The summed E-state index contributed by atoms with van der Waals surface area (Å²) in [6.45, 7) is 12.7. The van der Waals surface area contributed by atoms with Crippen LogP contribution < -0.4 is 5.73 Å². The zero-order valence-electron chi connectivity index (χ0n) is 20.2. The standard InChI is InChI=1S/C28H49N/c1-19(2)8-6-9-20(3)24-13-14-26-23-12-11-21-18-22(29)15-17-27(21,4)25(23)10-7-16-28(24,26)5/h11,19-20,22-26H,6-10,12-18,29H2,1-5H3. The second-order valence-electron chi connectivity index (χ2n) is 12.6. The van der Waals surface area contributed by atoms with Crippen molar-refractivity contribution in [1.82, 2.24) is 0 Å². The van der Waals surface area contributed by atoms with Gasteiger partial charge in [0.05, 0.1) is 0 Å². The Morgan fingerprint density at radius 3 is 2.55 bits per heavy atom. The lowest BCUT2D eigenvalue weighted by molar-refractivity contribution is 0.0237. The van der Waals surface area contributed by atoms with E-state index in [0.717, 1.165) is 35.5 Å². The molecular weight excluding hydrogens is 350 g/mol. The lowest BCUT2D eigenvalue weighted by Crippen LogP contribution is -2.46. The lowest BCUT2D eigenvalue weighted by atomic mass is 9.52. The van der Waals surface area contributed by atoms with E-state index in [1.54, 1.807) is 5.57 Å². The molecule has 4 aliphatic rings. The third-order valence-corrected chi connectivity index (χ3v) is 10.6. The number of nitrogens with two attached hydrogens (primary N) is 1. The number of allylic oxidation sites excluding steroid dienone is 1. The van der Waals surface area contributed by atoms with Crippen LogP contribution in [-0.4, -0.2) is 6.04 Å². The van der Waals surface area contributed by atoms with Gasteiger partial charge in [0.1, 0.15) is 0 Å². The van der Waals surface area contributed by atoms with E-state index in [4.69, 9.17) is 5.73 Å². The van der Waals surface area contributed by atoms with Gasteiger partial charge in [0.25, 0.3) is 0 Å². The maximum Gasteiger partial charge on any atom is 0.00766 e. The van der Waals surface area contributed by atoms with E-state index in [1.165, 1.54) is 77.0 Å². The van der Waals surface area contributed by atoms with E-state index in [9.17, 15) is 0 Å². The fourth-order valence-electron chi connectivity index (χ4n) is 8.95. The maximum atomic E-state index is 6.38. The fraction of sp³-hybridized carbons (Fsp3) is 0.929. The molecule has 0 aromatic heterocycles. The van der Waals surface area contributed by atoms with E-state index in [-0.39, 0.29) is 0 Å². The van der Waals surface area contributed by atoms with Crippen LogP contribution in [0.2, 0.25) is 0 Å². The Morgan fingerprint density at radius 2 is 1.79 bits per heavy atom. The average Bonchev–Trinajstić information content (AvgIpc) is 2.91. The van der Waals surface area contributed by atoms with Gasteiger partial charge >= 0.3 is 0 Å². The minimum Gasteiger partial charge on any atom is -0.327 e. The van der Waals surface area contributed by atoms with Crippen LogP contribution in [0.5, 0.6) is 0 Å². The zero-order valence-corrected chi connectivity index (χ0v) is 20.2. The van der Waals surface area contributed by atoms with Crippen molar-refractivity contribution >= 4 is 0 Å². The highest BCUT2D eigenvalue weighted by atomic mass is 14.7. The Morgan fingerprint density at radius 1 is 1.00 bits per heavy atom. The molecule has 29 heavy (non-hydrogen) atoms. The largest absolute Gasteiger partial charge is 0.327 e. The van der Waals surface area contributed by atoms with Crippen LogP contribution >= 0.6 is 0 Å². The molecule has 3 fully saturated rings. The van der Waals surface area contributed by atoms with Gasteiger partial charge in [-0.15, -0.1) is 0 Å². The fourth-order valence-corrected chi connectivity index (χ4v) is 8.95. The van der Waals surface area contributed by atoms with Crippen LogP contribution in [0.25, 0.3) is 0 Å². The highest BCUT2D eigenvalue weighted by Crippen LogP contribution is 2.65. The molecule has 0 radical (unpaired) electrons. The molecule has 1 nitrogen and oxygen atoms in total. The topological polar surface area (TPSA) is 26.0 Å². The molecule has 4 aliphatic carbocycles. The van der Waals surface area contributed by atoms with Crippen molar-refractivity contribution < 1.29 is 0 Å². The van der Waals surface area contributed by atoms with Crippen LogP contribution in [0.1, 0.15) is 112 Å². The summed E-state index contributed by atoms with van der Waals surface area (Å²) in [4.78, 5) is 0. The minimum absolute atomic E-state index is 0.421. The number of hydrogen-bond acceptors (Lipinski definition) is 1. The normalized spacial score (nSPS) is 45.8. The molecule has 1 heteroatoms. The van der Waals surface area contributed by atoms with Crippen molar-refractivity contribution in [3.8, 4) is 0 Å². The van der Waals surface area contributed by atoms with Gasteiger partial charge in [-0.25, -0.2) is 0 Å². The van der Waals surface area contributed by atoms with Crippen LogP contribution in [0.4, 0.5) is 0 Å². The molecule has 0 aromatic carbocycles. The second-order valence-corrected chi connectivity index (χ2v) is 12.6. The molecule has 166 valence electrons. The van der Waals surface area contributed by atoms with Gasteiger partial charge in [-0.3, -0.25) is 0 Å². The molecule has 4 rings (SSSR count). The monoisotopic (exact) mass is 399 g/mol. The number of rotatable bonds is 5. The molecule has 8 unspecified atom stereocenters. The Kier molecular flexibility index (Phi) is 6.29. The summed E-state index contributed by atoms with van der Waals surface area (Å²) in [6.07, 6.45) is 19.6. The third kappa shape index (κ3) is 3.88. The summed E-state index contributed by atoms with van der Waals surface area (Å²) in [6, 6.07) is 0.421. The van der Waals surface area contributed by atoms with Crippen molar-refractivity contribution in [2.24, 2.45) is 52.1 Å². The molecular formula is C28H49N. The smallest absolute Gasteiger partial charge is 0.00766 e. The summed E-state index contributed by atoms with van der Waals surface area (Å²) in [5.41, 5.74) is 9.19. The van der Waals surface area contributed by atoms with Gasteiger partial charge < -0.3 is 5.73 Å². The summed E-state index contributed by atoms with van der Waals surface area (Å²) >= 11 is 0. The number of hydrogen-bond donors (Lipinski definition) is 1. The Bertz CT molecular complexity index is 605. The summed E-state index contributed by atoms with van der Waals surface area (Å²) in [7, 11) is 0. The van der Waals surface area contributed by atoms with Crippen LogP contribution in [0.3, 0.4) is 0 Å². The molecule has 0 heterocycles. The van der Waals surface area contributed by atoms with Gasteiger partial charge in [0.15, 0.2) is 0 Å². The van der Waals surface area contributed by atoms with Crippen molar-refractivity contribution in [3.05, 3.63) is 11.6 Å². The first kappa shape index (κ1) is 21.9.